The van der Waals surface area contributed by atoms with Crippen molar-refractivity contribution in [3.63, 3.8) is 0 Å². The van der Waals surface area contributed by atoms with Gasteiger partial charge in [0.2, 0.25) is 5.91 Å². The number of rotatable bonds is 4. The molecule has 0 radical (unpaired) electrons. The van der Waals surface area contributed by atoms with Gasteiger partial charge in [-0.25, -0.2) is 0 Å². The van der Waals surface area contributed by atoms with E-state index in [0.717, 1.165) is 24.3 Å². The van der Waals surface area contributed by atoms with Gasteiger partial charge in [-0.15, -0.1) is 0 Å². The first-order valence-corrected chi connectivity index (χ1v) is 7.93. The third-order valence-corrected chi connectivity index (χ3v) is 4.36. The molecule has 1 aromatic carbocycles. The number of hydrogen-bond donors (Lipinski definition) is 1. The lowest BCUT2D eigenvalue weighted by Gasteiger charge is -2.18. The second kappa shape index (κ2) is 7.83. The highest BCUT2D eigenvalue weighted by Gasteiger charge is 2.23. The zero-order valence-corrected chi connectivity index (χ0v) is 12.7. The van der Waals surface area contributed by atoms with Crippen molar-refractivity contribution in [1.29, 1.82) is 5.26 Å². The molecule has 0 aromatic heterocycles. The van der Waals surface area contributed by atoms with Crippen LogP contribution in [-0.4, -0.2) is 11.9 Å². The summed E-state index contributed by atoms with van der Waals surface area (Å²) in [5.74, 6) is 0.0527. The second-order valence-electron chi connectivity index (χ2n) is 6.19. The number of benzene rings is 1. The van der Waals surface area contributed by atoms with E-state index in [1.807, 2.05) is 30.3 Å². The molecular formula is C18H24N2O. The quantitative estimate of drug-likeness (QED) is 0.861. The number of nitriles is 1. The molecule has 3 unspecified atom stereocenters. The van der Waals surface area contributed by atoms with Crippen LogP contribution in [-0.2, 0) is 11.2 Å². The number of amides is 1. The summed E-state index contributed by atoms with van der Waals surface area (Å²) in [5, 5.41) is 12.4. The zero-order valence-electron chi connectivity index (χ0n) is 12.7. The Morgan fingerprint density at radius 3 is 2.76 bits per heavy atom. The third kappa shape index (κ3) is 4.90. The molecule has 0 bridgehead atoms. The zero-order chi connectivity index (χ0) is 15.1. The number of hydrogen-bond acceptors (Lipinski definition) is 2. The largest absolute Gasteiger partial charge is 0.352 e. The van der Waals surface area contributed by atoms with Gasteiger partial charge in [-0.2, -0.15) is 5.26 Å². The highest BCUT2D eigenvalue weighted by Crippen LogP contribution is 2.23. The van der Waals surface area contributed by atoms with Crippen molar-refractivity contribution in [2.75, 3.05) is 0 Å². The molecule has 0 heterocycles. The van der Waals surface area contributed by atoms with Crippen molar-refractivity contribution in [2.24, 2.45) is 11.8 Å². The molecule has 21 heavy (non-hydrogen) atoms. The van der Waals surface area contributed by atoms with Crippen LogP contribution in [0.5, 0.6) is 0 Å². The maximum absolute atomic E-state index is 12.3. The van der Waals surface area contributed by atoms with Gasteiger partial charge in [0, 0.05) is 6.04 Å². The summed E-state index contributed by atoms with van der Waals surface area (Å²) in [7, 11) is 0. The molecule has 1 aliphatic rings. The molecule has 1 aromatic rings. The molecule has 2 rings (SSSR count). The third-order valence-electron chi connectivity index (χ3n) is 4.36. The summed E-state index contributed by atoms with van der Waals surface area (Å²) in [6, 6.07) is 12.1. The lowest BCUT2D eigenvalue weighted by atomic mass is 9.98. The van der Waals surface area contributed by atoms with Gasteiger partial charge in [0.15, 0.2) is 0 Å². The van der Waals surface area contributed by atoms with Crippen LogP contribution >= 0.6 is 0 Å². The van der Waals surface area contributed by atoms with Gasteiger partial charge in [0.1, 0.15) is 5.92 Å². The molecule has 1 fully saturated rings. The van der Waals surface area contributed by atoms with Crippen LogP contribution in [0.1, 0.15) is 44.6 Å². The molecular weight excluding hydrogens is 260 g/mol. The average molecular weight is 284 g/mol. The Balaban J connectivity index is 1.90. The molecule has 1 N–H and O–H groups in total. The maximum Gasteiger partial charge on any atom is 0.237 e. The van der Waals surface area contributed by atoms with Crippen molar-refractivity contribution in [2.45, 2.75) is 51.5 Å². The van der Waals surface area contributed by atoms with Crippen molar-refractivity contribution < 1.29 is 4.79 Å². The summed E-state index contributed by atoms with van der Waals surface area (Å²) in [6.45, 7) is 2.28. The first-order valence-electron chi connectivity index (χ1n) is 7.93. The predicted molar refractivity (Wildman–Crippen MR) is 83.4 cm³/mol. The Hall–Kier alpha value is -1.82. The number of nitrogens with one attached hydrogen (secondary N) is 1. The topological polar surface area (TPSA) is 52.9 Å². The molecule has 3 heteroatoms. The fourth-order valence-electron chi connectivity index (χ4n) is 2.98. The fourth-order valence-corrected chi connectivity index (χ4v) is 2.98. The van der Waals surface area contributed by atoms with Crippen LogP contribution in [0.2, 0.25) is 0 Å². The highest BCUT2D eigenvalue weighted by atomic mass is 16.1. The predicted octanol–water partition coefficient (Wildman–Crippen LogP) is 3.45. The summed E-state index contributed by atoms with van der Waals surface area (Å²) >= 11 is 0. The SMILES string of the molecule is CC1CCCC(NC(=O)C(C#N)Cc2ccccc2)CC1. The first kappa shape index (κ1) is 15.6. The van der Waals surface area contributed by atoms with E-state index >= 15 is 0 Å². The molecule has 1 amide bonds. The van der Waals surface area contributed by atoms with Crippen LogP contribution in [0.3, 0.4) is 0 Å². The van der Waals surface area contributed by atoms with Gasteiger partial charge >= 0.3 is 0 Å². The molecule has 1 aliphatic carbocycles. The lowest BCUT2D eigenvalue weighted by molar-refractivity contribution is -0.124. The van der Waals surface area contributed by atoms with Crippen LogP contribution in [0, 0.1) is 23.2 Å². The molecule has 1 saturated carbocycles. The van der Waals surface area contributed by atoms with Gasteiger partial charge in [0.05, 0.1) is 6.07 Å². The second-order valence-corrected chi connectivity index (χ2v) is 6.19. The van der Waals surface area contributed by atoms with Gasteiger partial charge in [0.25, 0.3) is 0 Å². The van der Waals surface area contributed by atoms with Crippen LogP contribution in [0.15, 0.2) is 30.3 Å². The van der Waals surface area contributed by atoms with Gasteiger partial charge in [-0.05, 0) is 37.2 Å². The van der Waals surface area contributed by atoms with Gasteiger partial charge in [-0.3, -0.25) is 4.79 Å². The average Bonchev–Trinajstić information content (AvgIpc) is 2.70. The monoisotopic (exact) mass is 284 g/mol. The molecule has 3 nitrogen and oxygen atoms in total. The van der Waals surface area contributed by atoms with Crippen molar-refractivity contribution in [3.8, 4) is 6.07 Å². The standard InChI is InChI=1S/C18H24N2O/c1-14-6-5-9-17(11-10-14)20-18(21)16(13-19)12-15-7-3-2-4-8-15/h2-4,7-8,14,16-17H,5-6,9-12H2,1H3,(H,20,21). The van der Waals surface area contributed by atoms with Gasteiger partial charge in [-0.1, -0.05) is 50.1 Å². The van der Waals surface area contributed by atoms with E-state index in [-0.39, 0.29) is 11.9 Å². The van der Waals surface area contributed by atoms with Crippen LogP contribution in [0.4, 0.5) is 0 Å². The summed E-state index contributed by atoms with van der Waals surface area (Å²) < 4.78 is 0. The normalized spacial score (nSPS) is 23.6. The van der Waals surface area contributed by atoms with E-state index in [1.165, 1.54) is 19.3 Å². The summed E-state index contributed by atoms with van der Waals surface area (Å²) in [4.78, 5) is 12.3. The van der Waals surface area contributed by atoms with Crippen molar-refractivity contribution >= 4 is 5.91 Å². The number of nitrogens with zero attached hydrogens (tertiary/aromatic N) is 1. The van der Waals surface area contributed by atoms with E-state index < -0.39 is 5.92 Å². The van der Waals surface area contributed by atoms with E-state index in [9.17, 15) is 10.1 Å². The minimum Gasteiger partial charge on any atom is -0.352 e. The van der Waals surface area contributed by atoms with Crippen LogP contribution < -0.4 is 5.32 Å². The maximum atomic E-state index is 12.3. The van der Waals surface area contributed by atoms with Crippen LogP contribution in [0.25, 0.3) is 0 Å². The molecule has 3 atom stereocenters. The van der Waals surface area contributed by atoms with Gasteiger partial charge < -0.3 is 5.32 Å². The van der Waals surface area contributed by atoms with E-state index in [0.29, 0.717) is 6.42 Å². The van der Waals surface area contributed by atoms with E-state index in [4.69, 9.17) is 0 Å². The highest BCUT2D eigenvalue weighted by molar-refractivity contribution is 5.81. The summed E-state index contributed by atoms with van der Waals surface area (Å²) in [6.07, 6.45) is 6.16. The Morgan fingerprint density at radius 1 is 1.29 bits per heavy atom. The fraction of sp³-hybridized carbons (Fsp3) is 0.556. The smallest absolute Gasteiger partial charge is 0.237 e. The van der Waals surface area contributed by atoms with E-state index in [2.05, 4.69) is 18.3 Å². The molecule has 0 saturated heterocycles. The van der Waals surface area contributed by atoms with E-state index in [1.54, 1.807) is 0 Å². The summed E-state index contributed by atoms with van der Waals surface area (Å²) in [5.41, 5.74) is 1.04. The Bertz CT molecular complexity index is 492. The minimum absolute atomic E-state index is 0.110. The van der Waals surface area contributed by atoms with Crippen molar-refractivity contribution in [1.82, 2.24) is 5.32 Å². The Morgan fingerprint density at radius 2 is 2.05 bits per heavy atom. The molecule has 112 valence electrons. The van der Waals surface area contributed by atoms with Crippen molar-refractivity contribution in [3.05, 3.63) is 35.9 Å². The Labute approximate surface area is 127 Å². The molecule has 0 spiro atoms. The first-order chi connectivity index (χ1) is 10.2. The molecule has 0 aliphatic heterocycles. The lowest BCUT2D eigenvalue weighted by Crippen LogP contribution is -2.39. The Kier molecular flexibility index (Phi) is 5.80. The number of carbonyl (C=O) groups excluding carboxylic acids is 1. The minimum atomic E-state index is -0.590. The number of carbonyl (C=O) groups is 1.